The molecule has 24 heavy (non-hydrogen) atoms. The molecule has 0 unspecified atom stereocenters. The fourth-order valence-corrected chi connectivity index (χ4v) is 2.13. The van der Waals surface area contributed by atoms with Gasteiger partial charge in [0.15, 0.2) is 6.17 Å². The van der Waals surface area contributed by atoms with Crippen LogP contribution in [0.3, 0.4) is 0 Å². The molecule has 0 amide bonds. The van der Waals surface area contributed by atoms with Gasteiger partial charge in [-0.15, -0.1) is 0 Å². The minimum Gasteiger partial charge on any atom is -0.454 e. The van der Waals surface area contributed by atoms with E-state index in [-0.39, 0.29) is 0 Å². The fraction of sp³-hybridized carbons (Fsp3) is 0.500. The highest BCUT2D eigenvalue weighted by Crippen LogP contribution is 2.34. The molecule has 11 nitrogen and oxygen atoms in total. The van der Waals surface area contributed by atoms with Gasteiger partial charge in [-0.1, -0.05) is 0 Å². The third kappa shape index (κ3) is 3.41. The van der Waals surface area contributed by atoms with Gasteiger partial charge in [0.05, 0.1) is 22.5 Å². The second-order valence-electron chi connectivity index (χ2n) is 4.94. The average molecular weight is 348 g/mol. The standard InChI is InChI=1S/C12H13FN2O9/c13-9-11(18)10(17)8(4-16)24-12(9)23-7-2-1-5(14(19)20)3-6(7)15(21)22/h1-3,8-12,16-18H,4H2/t8-,9+,10-,11-,12+/m1/s1. The van der Waals surface area contributed by atoms with Crippen molar-refractivity contribution in [2.45, 2.75) is 30.8 Å². The molecule has 1 aromatic rings. The number of aliphatic hydroxyl groups is 3. The molecule has 1 saturated heterocycles. The Labute approximate surface area is 133 Å². The van der Waals surface area contributed by atoms with Gasteiger partial charge in [-0.05, 0) is 6.07 Å². The fourth-order valence-electron chi connectivity index (χ4n) is 2.13. The van der Waals surface area contributed by atoms with E-state index in [0.29, 0.717) is 6.07 Å². The molecule has 1 aliphatic heterocycles. The van der Waals surface area contributed by atoms with Crippen LogP contribution < -0.4 is 4.74 Å². The van der Waals surface area contributed by atoms with E-state index >= 15 is 0 Å². The molecule has 0 bridgehead atoms. The van der Waals surface area contributed by atoms with Crippen LogP contribution in [0.4, 0.5) is 15.8 Å². The maximum Gasteiger partial charge on any atom is 0.317 e. The lowest BCUT2D eigenvalue weighted by Gasteiger charge is -2.38. The van der Waals surface area contributed by atoms with E-state index in [1.807, 2.05) is 0 Å². The van der Waals surface area contributed by atoms with Crippen molar-refractivity contribution in [3.05, 3.63) is 38.4 Å². The Balaban J connectivity index is 2.29. The summed E-state index contributed by atoms with van der Waals surface area (Å²) in [5.41, 5.74) is -1.37. The van der Waals surface area contributed by atoms with Crippen molar-refractivity contribution in [1.29, 1.82) is 0 Å². The lowest BCUT2D eigenvalue weighted by atomic mass is 10.0. The number of hydrogen-bond donors (Lipinski definition) is 3. The van der Waals surface area contributed by atoms with Gasteiger partial charge in [0.1, 0.15) is 18.3 Å². The highest BCUT2D eigenvalue weighted by Gasteiger charge is 2.46. The van der Waals surface area contributed by atoms with Crippen molar-refractivity contribution < 1.29 is 39.0 Å². The molecule has 0 spiro atoms. The third-order valence-electron chi connectivity index (χ3n) is 3.40. The molecule has 1 aliphatic rings. The minimum atomic E-state index is -2.27. The van der Waals surface area contributed by atoms with Crippen LogP contribution in [0.5, 0.6) is 5.75 Å². The summed E-state index contributed by atoms with van der Waals surface area (Å²) in [6, 6.07) is 2.42. The first-order valence-corrected chi connectivity index (χ1v) is 6.62. The summed E-state index contributed by atoms with van der Waals surface area (Å²) in [7, 11) is 0. The van der Waals surface area contributed by atoms with E-state index in [4.69, 9.17) is 14.6 Å². The Morgan fingerprint density at radius 2 is 1.88 bits per heavy atom. The predicted octanol–water partition coefficient (Wildman–Crippen LogP) is -0.341. The minimum absolute atomic E-state index is 0.529. The van der Waals surface area contributed by atoms with Crippen LogP contribution in [-0.2, 0) is 4.74 Å². The first-order chi connectivity index (χ1) is 11.3. The zero-order chi connectivity index (χ0) is 18.0. The Kier molecular flexibility index (Phi) is 5.23. The number of benzene rings is 1. The van der Waals surface area contributed by atoms with Crippen molar-refractivity contribution in [3.8, 4) is 5.75 Å². The van der Waals surface area contributed by atoms with E-state index in [0.717, 1.165) is 12.1 Å². The predicted molar refractivity (Wildman–Crippen MR) is 73.0 cm³/mol. The highest BCUT2D eigenvalue weighted by molar-refractivity contribution is 5.53. The third-order valence-corrected chi connectivity index (χ3v) is 3.40. The van der Waals surface area contributed by atoms with Crippen molar-refractivity contribution in [1.82, 2.24) is 0 Å². The van der Waals surface area contributed by atoms with E-state index in [1.165, 1.54) is 0 Å². The summed E-state index contributed by atoms with van der Waals surface area (Å²) in [4.78, 5) is 19.8. The molecule has 0 aliphatic carbocycles. The van der Waals surface area contributed by atoms with Gasteiger partial charge in [0.25, 0.3) is 5.69 Å². The molecule has 5 atom stereocenters. The lowest BCUT2D eigenvalue weighted by molar-refractivity contribution is -0.395. The molecule has 2 rings (SSSR count). The van der Waals surface area contributed by atoms with Gasteiger partial charge < -0.3 is 24.8 Å². The number of aliphatic hydroxyl groups excluding tert-OH is 3. The molecule has 1 aromatic carbocycles. The van der Waals surface area contributed by atoms with Gasteiger partial charge in [-0.25, -0.2) is 4.39 Å². The molecule has 1 fully saturated rings. The number of nitro benzene ring substituents is 2. The van der Waals surface area contributed by atoms with Crippen LogP contribution in [0.15, 0.2) is 18.2 Å². The van der Waals surface area contributed by atoms with E-state index in [2.05, 4.69) is 0 Å². The number of nitro groups is 2. The smallest absolute Gasteiger partial charge is 0.317 e. The number of alkyl halides is 1. The van der Waals surface area contributed by atoms with E-state index in [9.17, 15) is 34.8 Å². The van der Waals surface area contributed by atoms with Crippen molar-refractivity contribution in [2.75, 3.05) is 6.61 Å². The van der Waals surface area contributed by atoms with E-state index < -0.39 is 64.4 Å². The molecule has 3 N–H and O–H groups in total. The van der Waals surface area contributed by atoms with Gasteiger partial charge in [0, 0.05) is 6.07 Å². The molecular formula is C12H13FN2O9. The maximum atomic E-state index is 14.0. The summed E-state index contributed by atoms with van der Waals surface area (Å²) in [6.07, 6.45) is -9.15. The highest BCUT2D eigenvalue weighted by atomic mass is 19.1. The van der Waals surface area contributed by atoms with Crippen LogP contribution in [0.1, 0.15) is 0 Å². The first-order valence-electron chi connectivity index (χ1n) is 6.62. The zero-order valence-electron chi connectivity index (χ0n) is 11.9. The second-order valence-corrected chi connectivity index (χ2v) is 4.94. The Hall–Kier alpha value is -2.41. The number of ether oxygens (including phenoxy) is 2. The number of non-ortho nitro benzene ring substituents is 1. The molecule has 1 heterocycles. The average Bonchev–Trinajstić information content (AvgIpc) is 2.55. The number of nitrogens with zero attached hydrogens (tertiary/aromatic N) is 2. The topological polar surface area (TPSA) is 165 Å². The summed E-state index contributed by atoms with van der Waals surface area (Å²) in [5.74, 6) is -0.529. The number of hydrogen-bond acceptors (Lipinski definition) is 9. The van der Waals surface area contributed by atoms with Gasteiger partial charge in [0.2, 0.25) is 12.0 Å². The Morgan fingerprint density at radius 3 is 2.42 bits per heavy atom. The first kappa shape index (κ1) is 17.9. The summed E-state index contributed by atoms with van der Waals surface area (Å²) < 4.78 is 23.9. The molecule has 132 valence electrons. The SMILES string of the molecule is O=[N+]([O-])c1ccc(O[C@H]2O[C@H](CO)[C@@H](O)[C@H](O)[C@@H]2F)c([N+](=O)[O-])c1. The number of halogens is 1. The monoisotopic (exact) mass is 348 g/mol. The quantitative estimate of drug-likeness (QED) is 0.476. The normalized spacial score (nSPS) is 29.9. The summed E-state index contributed by atoms with van der Waals surface area (Å²) >= 11 is 0. The van der Waals surface area contributed by atoms with Crippen molar-refractivity contribution >= 4 is 11.4 Å². The number of rotatable bonds is 5. The molecular weight excluding hydrogens is 335 g/mol. The summed E-state index contributed by atoms with van der Waals surface area (Å²) in [6.45, 7) is -0.757. The second kappa shape index (κ2) is 7.00. The van der Waals surface area contributed by atoms with Crippen LogP contribution in [0, 0.1) is 20.2 Å². The van der Waals surface area contributed by atoms with Gasteiger partial charge >= 0.3 is 5.69 Å². The van der Waals surface area contributed by atoms with Crippen LogP contribution >= 0.6 is 0 Å². The zero-order valence-corrected chi connectivity index (χ0v) is 11.9. The van der Waals surface area contributed by atoms with Gasteiger partial charge in [-0.3, -0.25) is 20.2 Å². The van der Waals surface area contributed by atoms with Crippen molar-refractivity contribution in [2.24, 2.45) is 0 Å². The maximum absolute atomic E-state index is 14.0. The molecule has 0 aromatic heterocycles. The van der Waals surface area contributed by atoms with Crippen molar-refractivity contribution in [3.63, 3.8) is 0 Å². The lowest BCUT2D eigenvalue weighted by Crippen LogP contribution is -2.58. The molecule has 12 heteroatoms. The largest absolute Gasteiger partial charge is 0.454 e. The summed E-state index contributed by atoms with van der Waals surface area (Å²) in [5, 5.41) is 49.8. The van der Waals surface area contributed by atoms with Gasteiger partial charge in [-0.2, -0.15) is 0 Å². The molecule has 0 saturated carbocycles. The Morgan fingerprint density at radius 1 is 1.21 bits per heavy atom. The van der Waals surface area contributed by atoms with Crippen LogP contribution in [0.2, 0.25) is 0 Å². The van der Waals surface area contributed by atoms with Crippen LogP contribution in [-0.4, -0.2) is 62.5 Å². The Bertz CT molecular complexity index is 641. The van der Waals surface area contributed by atoms with Crippen LogP contribution in [0.25, 0.3) is 0 Å². The molecule has 0 radical (unpaired) electrons. The van der Waals surface area contributed by atoms with E-state index in [1.54, 1.807) is 0 Å².